The van der Waals surface area contributed by atoms with Crippen LogP contribution in [0.3, 0.4) is 0 Å². The van der Waals surface area contributed by atoms with Crippen LogP contribution < -0.4 is 9.64 Å². The second kappa shape index (κ2) is 9.93. The zero-order valence-corrected chi connectivity index (χ0v) is 18.3. The van der Waals surface area contributed by atoms with Gasteiger partial charge >= 0.3 is 12.1 Å². The van der Waals surface area contributed by atoms with Crippen LogP contribution in [0, 0.1) is 0 Å². The number of aliphatic carboxylic acids is 1. The van der Waals surface area contributed by atoms with Gasteiger partial charge in [-0.05, 0) is 48.7 Å². The Balaban J connectivity index is 1.52. The lowest BCUT2D eigenvalue weighted by atomic mass is 9.79. The maximum Gasteiger partial charge on any atom is 0.419 e. The van der Waals surface area contributed by atoms with Gasteiger partial charge < -0.3 is 19.7 Å². The number of anilines is 2. The van der Waals surface area contributed by atoms with E-state index >= 15 is 4.39 Å². The number of aliphatic hydroxyl groups is 1. The Morgan fingerprint density at radius 1 is 0.971 bits per heavy atom. The molecule has 4 rings (SSSR count). The number of hydrogen-bond donors (Lipinski definition) is 2. The molecule has 1 aliphatic carbocycles. The maximum absolute atomic E-state index is 15.5. The Kier molecular flexibility index (Phi) is 6.79. The van der Waals surface area contributed by atoms with Crippen LogP contribution in [0.15, 0.2) is 78.9 Å². The molecule has 0 aliphatic heterocycles. The van der Waals surface area contributed by atoms with E-state index in [9.17, 15) is 14.7 Å². The van der Waals surface area contributed by atoms with E-state index in [0.29, 0.717) is 16.9 Å². The molecule has 2 atom stereocenters. The molecule has 0 fully saturated rings. The van der Waals surface area contributed by atoms with Crippen molar-refractivity contribution in [3.8, 4) is 5.75 Å². The number of carbonyl (C=O) groups is 2. The van der Waals surface area contributed by atoms with E-state index in [-0.39, 0.29) is 24.2 Å². The van der Waals surface area contributed by atoms with Crippen LogP contribution in [-0.4, -0.2) is 41.1 Å². The minimum Gasteiger partial charge on any atom is -0.482 e. The molecule has 0 spiro atoms. The number of fused-ring (bicyclic) bond motifs is 1. The van der Waals surface area contributed by atoms with Gasteiger partial charge in [-0.15, -0.1) is 0 Å². The molecular formula is C26H24FNO6. The predicted octanol–water partition coefficient (Wildman–Crippen LogP) is 4.81. The van der Waals surface area contributed by atoms with Crippen molar-refractivity contribution in [3.05, 3.63) is 90.0 Å². The van der Waals surface area contributed by atoms with Gasteiger partial charge in [-0.1, -0.05) is 48.5 Å². The van der Waals surface area contributed by atoms with E-state index < -0.39 is 37.0 Å². The summed E-state index contributed by atoms with van der Waals surface area (Å²) in [6.07, 6.45) is -2.39. The molecule has 0 bridgehead atoms. The summed E-state index contributed by atoms with van der Waals surface area (Å²) in [5.41, 5.74) is -0.112. The summed E-state index contributed by atoms with van der Waals surface area (Å²) in [6, 6.07) is 22.4. The smallest absolute Gasteiger partial charge is 0.419 e. The molecule has 2 N–H and O–H groups in total. The summed E-state index contributed by atoms with van der Waals surface area (Å²) in [5, 5.41) is 19.9. The van der Waals surface area contributed by atoms with Gasteiger partial charge in [0.25, 0.3) is 0 Å². The Hall–Kier alpha value is -3.91. The number of rotatable bonds is 7. The lowest BCUT2D eigenvalue weighted by Gasteiger charge is -2.37. The standard InChI is InChI=1S/C26H24FNO6/c27-24-21-12-7-13-22(33-16-23(29)30)20(21)14-15-26(24,32)17-34-25(31)28(18-8-3-1-4-9-18)19-10-5-2-6-11-19/h1-13,24,32H,14-17H2,(H,29,30). The molecule has 3 aromatic carbocycles. The van der Waals surface area contributed by atoms with Crippen molar-refractivity contribution < 1.29 is 33.7 Å². The average Bonchev–Trinajstić information content (AvgIpc) is 2.85. The molecule has 1 aliphatic rings. The zero-order valence-electron chi connectivity index (χ0n) is 18.3. The van der Waals surface area contributed by atoms with Crippen LogP contribution in [-0.2, 0) is 16.0 Å². The second-order valence-corrected chi connectivity index (χ2v) is 8.03. The van der Waals surface area contributed by atoms with Gasteiger partial charge in [0.1, 0.15) is 18.0 Å². The highest BCUT2D eigenvalue weighted by atomic mass is 19.1. The summed E-state index contributed by atoms with van der Waals surface area (Å²) in [7, 11) is 0. The van der Waals surface area contributed by atoms with E-state index in [4.69, 9.17) is 14.6 Å². The van der Waals surface area contributed by atoms with Gasteiger partial charge in [0.15, 0.2) is 12.8 Å². The minimum absolute atomic E-state index is 0.0292. The Bertz CT molecular complexity index is 1120. The van der Waals surface area contributed by atoms with Crippen LogP contribution in [0.2, 0.25) is 0 Å². The predicted molar refractivity (Wildman–Crippen MR) is 123 cm³/mol. The number of benzene rings is 3. The van der Waals surface area contributed by atoms with Crippen LogP contribution >= 0.6 is 0 Å². The lowest BCUT2D eigenvalue weighted by Crippen LogP contribution is -2.44. The van der Waals surface area contributed by atoms with Gasteiger partial charge in [0, 0.05) is 5.56 Å². The number of halogens is 1. The first-order chi connectivity index (χ1) is 16.4. The molecule has 2 unspecified atom stereocenters. The molecular weight excluding hydrogens is 441 g/mol. The quantitative estimate of drug-likeness (QED) is 0.520. The van der Waals surface area contributed by atoms with Gasteiger partial charge in [0.05, 0.1) is 11.4 Å². The molecule has 0 saturated heterocycles. The van der Waals surface area contributed by atoms with Crippen molar-refractivity contribution in [3.63, 3.8) is 0 Å². The van der Waals surface area contributed by atoms with Crippen LogP contribution in [0.4, 0.5) is 20.6 Å². The average molecular weight is 465 g/mol. The Morgan fingerprint density at radius 2 is 1.59 bits per heavy atom. The van der Waals surface area contributed by atoms with Crippen molar-refractivity contribution in [2.45, 2.75) is 24.6 Å². The fourth-order valence-electron chi connectivity index (χ4n) is 4.03. The number of amides is 1. The first-order valence-corrected chi connectivity index (χ1v) is 10.8. The van der Waals surface area contributed by atoms with E-state index in [2.05, 4.69) is 0 Å². The summed E-state index contributed by atoms with van der Waals surface area (Å²) >= 11 is 0. The number of carbonyl (C=O) groups excluding carboxylic acids is 1. The van der Waals surface area contributed by atoms with Crippen LogP contribution in [0.25, 0.3) is 0 Å². The molecule has 3 aromatic rings. The third-order valence-corrected chi connectivity index (χ3v) is 5.73. The van der Waals surface area contributed by atoms with Gasteiger partial charge in [0.2, 0.25) is 0 Å². The highest BCUT2D eigenvalue weighted by Crippen LogP contribution is 2.43. The SMILES string of the molecule is O=C(O)COc1cccc2c1CCC(O)(COC(=O)N(c1ccccc1)c1ccccc1)C2F. The van der Waals surface area contributed by atoms with Crippen molar-refractivity contribution in [2.75, 3.05) is 18.1 Å². The number of ether oxygens (including phenoxy) is 2. The van der Waals surface area contributed by atoms with Crippen LogP contribution in [0.1, 0.15) is 23.7 Å². The minimum atomic E-state index is -1.94. The number of carboxylic acid groups (broad SMARTS) is 1. The molecule has 34 heavy (non-hydrogen) atoms. The topological polar surface area (TPSA) is 96.3 Å². The van der Waals surface area contributed by atoms with Gasteiger partial charge in [-0.2, -0.15) is 0 Å². The van der Waals surface area contributed by atoms with Crippen molar-refractivity contribution in [1.29, 1.82) is 0 Å². The van der Waals surface area contributed by atoms with E-state index in [0.717, 1.165) is 0 Å². The van der Waals surface area contributed by atoms with Crippen molar-refractivity contribution in [1.82, 2.24) is 0 Å². The number of para-hydroxylation sites is 2. The summed E-state index contributed by atoms with van der Waals surface area (Å²) < 4.78 is 26.2. The van der Waals surface area contributed by atoms with Gasteiger partial charge in [-0.3, -0.25) is 0 Å². The molecule has 0 heterocycles. The number of alkyl halides is 1. The fourth-order valence-corrected chi connectivity index (χ4v) is 4.03. The van der Waals surface area contributed by atoms with Crippen molar-refractivity contribution >= 4 is 23.4 Å². The van der Waals surface area contributed by atoms with E-state index in [1.165, 1.54) is 17.0 Å². The monoisotopic (exact) mass is 465 g/mol. The lowest BCUT2D eigenvalue weighted by molar-refractivity contribution is -0.139. The highest BCUT2D eigenvalue weighted by Gasteiger charge is 2.45. The number of hydrogen-bond acceptors (Lipinski definition) is 5. The fraction of sp³-hybridized carbons (Fsp3) is 0.231. The third kappa shape index (κ3) is 4.87. The van der Waals surface area contributed by atoms with Gasteiger partial charge in [-0.25, -0.2) is 18.9 Å². The largest absolute Gasteiger partial charge is 0.482 e. The highest BCUT2D eigenvalue weighted by molar-refractivity contribution is 5.95. The summed E-state index contributed by atoms with van der Waals surface area (Å²) in [4.78, 5) is 25.3. The normalized spacial score (nSPS) is 19.1. The first kappa shape index (κ1) is 23.3. The number of carboxylic acids is 1. The summed E-state index contributed by atoms with van der Waals surface area (Å²) in [6.45, 7) is -1.10. The molecule has 0 radical (unpaired) electrons. The Labute approximate surface area is 196 Å². The zero-order chi connectivity index (χ0) is 24.1. The molecule has 176 valence electrons. The van der Waals surface area contributed by atoms with E-state index in [1.807, 2.05) is 12.1 Å². The maximum atomic E-state index is 15.5. The van der Waals surface area contributed by atoms with Crippen molar-refractivity contribution in [2.24, 2.45) is 0 Å². The first-order valence-electron chi connectivity index (χ1n) is 10.8. The molecule has 1 amide bonds. The summed E-state index contributed by atoms with van der Waals surface area (Å²) in [5.74, 6) is -0.879. The molecule has 0 aromatic heterocycles. The molecule has 7 nitrogen and oxygen atoms in total. The molecule has 8 heteroatoms. The third-order valence-electron chi connectivity index (χ3n) is 5.73. The Morgan fingerprint density at radius 3 is 2.18 bits per heavy atom. The van der Waals surface area contributed by atoms with E-state index in [1.54, 1.807) is 54.6 Å². The molecule has 0 saturated carbocycles. The second-order valence-electron chi connectivity index (χ2n) is 8.03. The number of nitrogens with zero attached hydrogens (tertiary/aromatic N) is 1. The van der Waals surface area contributed by atoms with Crippen LogP contribution in [0.5, 0.6) is 5.75 Å².